The molecule has 14 heteroatoms. The molecule has 4 N–H and O–H groups in total. The molecule has 0 unspecified atom stereocenters. The van der Waals surface area contributed by atoms with Crippen molar-refractivity contribution in [3.8, 4) is 10.6 Å². The summed E-state index contributed by atoms with van der Waals surface area (Å²) in [5.74, 6) is -0.752. The summed E-state index contributed by atoms with van der Waals surface area (Å²) < 4.78 is 44.0. The van der Waals surface area contributed by atoms with Gasteiger partial charge in [-0.2, -0.15) is 18.2 Å². The number of aryl methyl sites for hydroxylation is 1. The molecule has 1 amide bonds. The maximum atomic E-state index is 12.8. The van der Waals surface area contributed by atoms with Gasteiger partial charge < -0.3 is 30.5 Å². The van der Waals surface area contributed by atoms with Crippen LogP contribution in [0.2, 0.25) is 0 Å². The highest BCUT2D eigenvalue weighted by molar-refractivity contribution is 7.21. The summed E-state index contributed by atoms with van der Waals surface area (Å²) in [5.41, 5.74) is -0.416. The van der Waals surface area contributed by atoms with Crippen LogP contribution in [-0.4, -0.2) is 81.4 Å². The van der Waals surface area contributed by atoms with Gasteiger partial charge in [-0.1, -0.05) is 12.1 Å². The number of amides is 1. The second kappa shape index (κ2) is 10.3. The zero-order chi connectivity index (χ0) is 27.0. The predicted octanol–water partition coefficient (Wildman–Crippen LogP) is 3.61. The number of carbonyl (C=O) groups is 1. The molecule has 0 saturated heterocycles. The van der Waals surface area contributed by atoms with Crippen LogP contribution in [0.15, 0.2) is 24.3 Å². The molecule has 1 saturated carbocycles. The molecule has 1 fully saturated rings. The van der Waals surface area contributed by atoms with E-state index in [1.165, 1.54) is 30.4 Å². The van der Waals surface area contributed by atoms with Gasteiger partial charge in [0.25, 0.3) is 0 Å². The van der Waals surface area contributed by atoms with Gasteiger partial charge >= 0.3 is 12.3 Å². The average molecular weight is 541 g/mol. The third-order valence-corrected chi connectivity index (χ3v) is 7.26. The Morgan fingerprint density at radius 1 is 1.30 bits per heavy atom. The zero-order valence-electron chi connectivity index (χ0n) is 20.3. The summed E-state index contributed by atoms with van der Waals surface area (Å²) in [7, 11) is 2.76. The van der Waals surface area contributed by atoms with Gasteiger partial charge in [0, 0.05) is 19.5 Å². The fourth-order valence-electron chi connectivity index (χ4n) is 4.37. The summed E-state index contributed by atoms with van der Waals surface area (Å²) >= 11 is 1.34. The highest BCUT2D eigenvalue weighted by atomic mass is 32.1. The van der Waals surface area contributed by atoms with Crippen molar-refractivity contribution >= 4 is 39.4 Å². The van der Waals surface area contributed by atoms with Crippen LogP contribution in [0.1, 0.15) is 18.5 Å². The van der Waals surface area contributed by atoms with Crippen LogP contribution in [0, 0.1) is 12.8 Å². The molecule has 3 aromatic rings. The Morgan fingerprint density at radius 3 is 2.70 bits per heavy atom. The molecule has 1 aliphatic carbocycles. The Bertz CT molecular complexity index is 1260. The van der Waals surface area contributed by atoms with Crippen LogP contribution >= 0.6 is 11.3 Å². The first-order valence-corrected chi connectivity index (χ1v) is 12.2. The van der Waals surface area contributed by atoms with Gasteiger partial charge in [-0.15, -0.1) is 11.3 Å². The lowest BCUT2D eigenvalue weighted by Crippen LogP contribution is -2.49. The van der Waals surface area contributed by atoms with Crippen molar-refractivity contribution in [2.75, 3.05) is 37.9 Å². The van der Waals surface area contributed by atoms with Gasteiger partial charge in [0.05, 0.1) is 28.6 Å². The van der Waals surface area contributed by atoms with Crippen LogP contribution in [-0.2, 0) is 4.74 Å². The van der Waals surface area contributed by atoms with Crippen LogP contribution in [0.4, 0.5) is 29.7 Å². The lowest BCUT2D eigenvalue weighted by Gasteiger charge is -2.32. The molecule has 0 spiro atoms. The number of para-hydroxylation sites is 1. The van der Waals surface area contributed by atoms with E-state index in [-0.39, 0.29) is 24.7 Å². The number of ether oxygens (including phenoxy) is 1. The Labute approximate surface area is 214 Å². The highest BCUT2D eigenvalue weighted by Crippen LogP contribution is 2.41. The Kier molecular flexibility index (Phi) is 7.44. The number of aliphatic hydroxyl groups excluding tert-OH is 1. The zero-order valence-corrected chi connectivity index (χ0v) is 21.2. The minimum absolute atomic E-state index is 0.0275. The summed E-state index contributed by atoms with van der Waals surface area (Å²) in [6, 6.07) is 7.41. The number of anilines is 2. The van der Waals surface area contributed by atoms with Gasteiger partial charge in [0.1, 0.15) is 23.5 Å². The number of nitrogens with one attached hydrogen (secondary N) is 2. The topological polar surface area (TPSA) is 133 Å². The average Bonchev–Trinajstić information content (AvgIpc) is 3.38. The largest absolute Gasteiger partial charge is 0.453 e. The van der Waals surface area contributed by atoms with E-state index in [9.17, 15) is 28.2 Å². The number of carbonyl (C=O) groups excluding carboxylic acids is 1. The van der Waals surface area contributed by atoms with Gasteiger partial charge in [-0.05, 0) is 31.9 Å². The second-order valence-corrected chi connectivity index (χ2v) is 9.99. The quantitative estimate of drug-likeness (QED) is 0.332. The lowest BCUT2D eigenvalue weighted by molar-refractivity contribution is -0.115. The van der Waals surface area contributed by atoms with Crippen molar-refractivity contribution in [3.63, 3.8) is 0 Å². The fraction of sp³-hybridized carbons (Fsp3) is 0.478. The SMILES string of the molecule is COC(=O)N(C)C[C@H]1CC[C@](O)(Nc2nc(NCC(F)(F)F)nc(C)c2-c2nc3ccccc3s2)[C@@H]1O. The Balaban J connectivity index is 1.69. The fourth-order valence-corrected chi connectivity index (χ4v) is 5.44. The molecule has 0 bridgehead atoms. The molecule has 0 aliphatic heterocycles. The van der Waals surface area contributed by atoms with E-state index in [4.69, 9.17) is 0 Å². The standard InChI is InChI=1S/C23H27F3N6O4S/c1-12-16(19-29-14-6-4-5-7-15(14)37-19)18(30-20(28-12)27-11-23(24,25)26)31-22(35)9-8-13(17(22)33)10-32(2)21(34)36-3/h4-7,13,17,33,35H,8-11H2,1-3H3,(H2,27,28,30,31)/t13-,17-,22-/m1/s1. The van der Waals surface area contributed by atoms with Crippen LogP contribution < -0.4 is 10.6 Å². The number of nitrogens with zero attached hydrogens (tertiary/aromatic N) is 4. The lowest BCUT2D eigenvalue weighted by atomic mass is 10.0. The van der Waals surface area contributed by atoms with Crippen LogP contribution in [0.3, 0.4) is 0 Å². The first-order valence-electron chi connectivity index (χ1n) is 11.4. The van der Waals surface area contributed by atoms with E-state index in [0.717, 1.165) is 10.2 Å². The van der Waals surface area contributed by atoms with Crippen molar-refractivity contribution in [2.45, 2.75) is 37.8 Å². The number of thiazole rings is 1. The van der Waals surface area contributed by atoms with E-state index in [0.29, 0.717) is 22.7 Å². The third-order valence-electron chi connectivity index (χ3n) is 6.21. The number of aliphatic hydroxyl groups is 2. The minimum atomic E-state index is -4.49. The monoisotopic (exact) mass is 540 g/mol. The van der Waals surface area contributed by atoms with Crippen LogP contribution in [0.25, 0.3) is 20.8 Å². The number of alkyl halides is 3. The van der Waals surface area contributed by atoms with Crippen LogP contribution in [0.5, 0.6) is 0 Å². The van der Waals surface area contributed by atoms with Gasteiger partial charge in [0.15, 0.2) is 5.72 Å². The molecule has 10 nitrogen and oxygen atoms in total. The summed E-state index contributed by atoms with van der Waals surface area (Å²) in [5, 5.41) is 27.9. The van der Waals surface area contributed by atoms with E-state index < -0.39 is 36.6 Å². The highest BCUT2D eigenvalue weighted by Gasteiger charge is 2.48. The van der Waals surface area contributed by atoms with Gasteiger partial charge in [-0.3, -0.25) is 0 Å². The molecule has 2 aromatic heterocycles. The maximum Gasteiger partial charge on any atom is 0.409 e. The first kappa shape index (κ1) is 26.8. The number of fused-ring (bicyclic) bond motifs is 1. The number of hydrogen-bond acceptors (Lipinski definition) is 10. The molecule has 4 rings (SSSR count). The molecule has 37 heavy (non-hydrogen) atoms. The van der Waals surface area contributed by atoms with Crippen molar-refractivity contribution < 1.29 is 32.9 Å². The number of halogens is 3. The molecule has 2 heterocycles. The number of benzene rings is 1. The molecular weight excluding hydrogens is 513 g/mol. The normalized spacial score (nSPS) is 21.7. The number of rotatable bonds is 7. The number of hydrogen-bond donors (Lipinski definition) is 4. The molecule has 1 aromatic carbocycles. The van der Waals surface area contributed by atoms with Crippen molar-refractivity contribution in [1.29, 1.82) is 0 Å². The minimum Gasteiger partial charge on any atom is -0.453 e. The predicted molar refractivity (Wildman–Crippen MR) is 132 cm³/mol. The van der Waals surface area contributed by atoms with E-state index in [1.54, 1.807) is 6.92 Å². The van der Waals surface area contributed by atoms with Crippen molar-refractivity contribution in [2.24, 2.45) is 5.92 Å². The molecule has 3 atom stereocenters. The molecule has 0 radical (unpaired) electrons. The summed E-state index contributed by atoms with van der Waals surface area (Å²) in [6.07, 6.45) is -5.92. The number of aromatic nitrogens is 3. The maximum absolute atomic E-state index is 12.8. The third kappa shape index (κ3) is 5.86. The Morgan fingerprint density at radius 2 is 2.03 bits per heavy atom. The van der Waals surface area contributed by atoms with Gasteiger partial charge in [-0.25, -0.2) is 14.8 Å². The Hall–Kier alpha value is -3.23. The smallest absolute Gasteiger partial charge is 0.409 e. The van der Waals surface area contributed by atoms with E-state index in [2.05, 4.69) is 30.3 Å². The summed E-state index contributed by atoms with van der Waals surface area (Å²) in [4.78, 5) is 26.1. The first-order chi connectivity index (χ1) is 17.4. The molecule has 1 aliphatic rings. The van der Waals surface area contributed by atoms with E-state index in [1.807, 2.05) is 24.3 Å². The van der Waals surface area contributed by atoms with Crippen molar-refractivity contribution in [1.82, 2.24) is 19.9 Å². The summed E-state index contributed by atoms with van der Waals surface area (Å²) in [6.45, 7) is 0.390. The number of methoxy groups -OCH3 is 1. The second-order valence-electron chi connectivity index (χ2n) is 8.96. The van der Waals surface area contributed by atoms with E-state index >= 15 is 0 Å². The molecule has 200 valence electrons. The molecular formula is C23H27F3N6O4S. The van der Waals surface area contributed by atoms with Gasteiger partial charge in [0.2, 0.25) is 5.95 Å². The van der Waals surface area contributed by atoms with Crippen molar-refractivity contribution in [3.05, 3.63) is 30.0 Å².